The van der Waals surface area contributed by atoms with Gasteiger partial charge in [-0.2, -0.15) is 0 Å². The number of nitrogens with two attached hydrogens (primary N) is 1. The van der Waals surface area contributed by atoms with Crippen LogP contribution in [-0.2, 0) is 6.54 Å². The molecule has 0 aromatic heterocycles. The van der Waals surface area contributed by atoms with Gasteiger partial charge in [0.05, 0.1) is 15.7 Å². The van der Waals surface area contributed by atoms with Gasteiger partial charge in [-0.25, -0.2) is 0 Å². The van der Waals surface area contributed by atoms with Crippen molar-refractivity contribution in [2.75, 3.05) is 32.9 Å². The van der Waals surface area contributed by atoms with Crippen LogP contribution in [0.15, 0.2) is 12.1 Å². The first-order chi connectivity index (χ1) is 8.97. The van der Waals surface area contributed by atoms with Gasteiger partial charge in [-0.1, -0.05) is 23.2 Å². The normalized spacial score (nSPS) is 18.2. The average Bonchev–Trinajstić information content (AvgIpc) is 2.36. The Hall–Kier alpha value is -0.480. The highest BCUT2D eigenvalue weighted by molar-refractivity contribution is 6.38. The molecule has 1 heterocycles. The SMILES string of the molecule is CN1CCC(N(C)Cc2cc(Cl)c(N)c(Cl)c2)CC1. The summed E-state index contributed by atoms with van der Waals surface area (Å²) in [7, 11) is 4.34. The molecule has 0 radical (unpaired) electrons. The van der Waals surface area contributed by atoms with Crippen LogP contribution in [0, 0.1) is 0 Å². The Balaban J connectivity index is 2.00. The molecule has 19 heavy (non-hydrogen) atoms. The third-order valence-electron chi connectivity index (χ3n) is 3.88. The second kappa shape index (κ2) is 6.31. The van der Waals surface area contributed by atoms with Crippen LogP contribution in [0.3, 0.4) is 0 Å². The largest absolute Gasteiger partial charge is 0.396 e. The van der Waals surface area contributed by atoms with E-state index in [-0.39, 0.29) is 0 Å². The minimum Gasteiger partial charge on any atom is -0.396 e. The van der Waals surface area contributed by atoms with Crippen LogP contribution in [0.1, 0.15) is 18.4 Å². The Labute approximate surface area is 125 Å². The number of rotatable bonds is 3. The molecule has 5 heteroatoms. The van der Waals surface area contributed by atoms with Crippen LogP contribution >= 0.6 is 23.2 Å². The molecule has 0 aliphatic carbocycles. The van der Waals surface area contributed by atoms with Gasteiger partial charge in [0, 0.05) is 12.6 Å². The maximum atomic E-state index is 6.07. The van der Waals surface area contributed by atoms with Crippen LogP contribution in [0.4, 0.5) is 5.69 Å². The highest BCUT2D eigenvalue weighted by atomic mass is 35.5. The standard InChI is InChI=1S/C14H21Cl2N3/c1-18-5-3-11(4-6-18)19(2)9-10-7-12(15)14(17)13(16)8-10/h7-8,11H,3-6,9,17H2,1-2H3. The Morgan fingerprint density at radius 3 is 2.32 bits per heavy atom. The van der Waals surface area contributed by atoms with E-state index in [2.05, 4.69) is 23.9 Å². The molecule has 3 nitrogen and oxygen atoms in total. The third kappa shape index (κ3) is 3.76. The summed E-state index contributed by atoms with van der Waals surface area (Å²) in [4.78, 5) is 4.76. The molecule has 0 amide bonds. The van der Waals surface area contributed by atoms with Gasteiger partial charge in [0.25, 0.3) is 0 Å². The fourth-order valence-corrected chi connectivity index (χ4v) is 3.11. The lowest BCUT2D eigenvalue weighted by Gasteiger charge is -2.35. The van der Waals surface area contributed by atoms with E-state index < -0.39 is 0 Å². The number of piperidine rings is 1. The zero-order valence-corrected chi connectivity index (χ0v) is 13.0. The Bertz CT molecular complexity index is 419. The fraction of sp³-hybridized carbons (Fsp3) is 0.571. The molecule has 1 saturated heterocycles. The maximum Gasteiger partial charge on any atom is 0.0693 e. The lowest BCUT2D eigenvalue weighted by Crippen LogP contribution is -2.41. The number of hydrogen-bond donors (Lipinski definition) is 1. The van der Waals surface area contributed by atoms with E-state index in [0.717, 1.165) is 25.2 Å². The molecule has 2 rings (SSSR count). The molecule has 1 aliphatic heterocycles. The molecule has 106 valence electrons. The summed E-state index contributed by atoms with van der Waals surface area (Å²) in [6, 6.07) is 4.45. The van der Waals surface area contributed by atoms with Gasteiger partial charge in [-0.05, 0) is 57.7 Å². The first-order valence-corrected chi connectivity index (χ1v) is 7.35. The number of nitrogen functional groups attached to an aromatic ring is 1. The zero-order chi connectivity index (χ0) is 14.0. The second-order valence-electron chi connectivity index (χ2n) is 5.42. The summed E-state index contributed by atoms with van der Waals surface area (Å²) in [5.41, 5.74) is 7.34. The lowest BCUT2D eigenvalue weighted by atomic mass is 10.0. The third-order valence-corrected chi connectivity index (χ3v) is 4.51. The van der Waals surface area contributed by atoms with Gasteiger partial charge in [-0.15, -0.1) is 0 Å². The molecular formula is C14H21Cl2N3. The molecular weight excluding hydrogens is 281 g/mol. The highest BCUT2D eigenvalue weighted by Crippen LogP contribution is 2.29. The summed E-state index contributed by atoms with van der Waals surface area (Å²) >= 11 is 12.1. The van der Waals surface area contributed by atoms with E-state index in [0.29, 0.717) is 21.8 Å². The monoisotopic (exact) mass is 301 g/mol. The van der Waals surface area contributed by atoms with Crippen molar-refractivity contribution in [2.24, 2.45) is 0 Å². The predicted molar refractivity (Wildman–Crippen MR) is 82.9 cm³/mol. The average molecular weight is 302 g/mol. The fourth-order valence-electron chi connectivity index (χ4n) is 2.58. The van der Waals surface area contributed by atoms with Gasteiger partial charge < -0.3 is 10.6 Å². The molecule has 0 bridgehead atoms. The molecule has 0 saturated carbocycles. The van der Waals surface area contributed by atoms with Gasteiger partial charge >= 0.3 is 0 Å². The van der Waals surface area contributed by atoms with Crippen molar-refractivity contribution in [3.8, 4) is 0 Å². The Morgan fingerprint density at radius 1 is 1.26 bits per heavy atom. The van der Waals surface area contributed by atoms with E-state index in [1.807, 2.05) is 12.1 Å². The molecule has 2 N–H and O–H groups in total. The van der Waals surface area contributed by atoms with Crippen molar-refractivity contribution in [2.45, 2.75) is 25.4 Å². The van der Waals surface area contributed by atoms with E-state index in [1.165, 1.54) is 12.8 Å². The smallest absolute Gasteiger partial charge is 0.0693 e. The topological polar surface area (TPSA) is 32.5 Å². The second-order valence-corrected chi connectivity index (χ2v) is 6.24. The predicted octanol–water partition coefficient (Wildman–Crippen LogP) is 3.10. The van der Waals surface area contributed by atoms with Gasteiger partial charge in [0.1, 0.15) is 0 Å². The van der Waals surface area contributed by atoms with Crippen LogP contribution in [0.2, 0.25) is 10.0 Å². The van der Waals surface area contributed by atoms with Gasteiger partial charge in [0.15, 0.2) is 0 Å². The number of nitrogens with zero attached hydrogens (tertiary/aromatic N) is 2. The first-order valence-electron chi connectivity index (χ1n) is 6.59. The summed E-state index contributed by atoms with van der Waals surface area (Å²) in [6.45, 7) is 3.19. The zero-order valence-electron chi connectivity index (χ0n) is 11.5. The minimum absolute atomic E-state index is 0.467. The van der Waals surface area contributed by atoms with Crippen molar-refractivity contribution < 1.29 is 0 Å². The molecule has 0 spiro atoms. The van der Waals surface area contributed by atoms with E-state index >= 15 is 0 Å². The molecule has 1 aromatic carbocycles. The van der Waals surface area contributed by atoms with Crippen molar-refractivity contribution in [3.63, 3.8) is 0 Å². The van der Waals surface area contributed by atoms with Gasteiger partial charge in [0.2, 0.25) is 0 Å². The van der Waals surface area contributed by atoms with Crippen molar-refractivity contribution >= 4 is 28.9 Å². The molecule has 1 fully saturated rings. The Kier molecular flexibility index (Phi) is 4.96. The maximum absolute atomic E-state index is 6.07. The first kappa shape index (κ1) is 14.9. The summed E-state index contributed by atoms with van der Waals surface area (Å²) in [5, 5.41) is 1.08. The summed E-state index contributed by atoms with van der Waals surface area (Å²) in [5.74, 6) is 0. The van der Waals surface area contributed by atoms with Crippen LogP contribution in [0.25, 0.3) is 0 Å². The molecule has 1 aromatic rings. The molecule has 0 unspecified atom stereocenters. The summed E-state index contributed by atoms with van der Waals surface area (Å²) < 4.78 is 0. The number of hydrogen-bond acceptors (Lipinski definition) is 3. The quantitative estimate of drug-likeness (QED) is 0.871. The minimum atomic E-state index is 0.467. The molecule has 1 aliphatic rings. The number of anilines is 1. The summed E-state index contributed by atoms with van der Waals surface area (Å²) in [6.07, 6.45) is 2.42. The van der Waals surface area contributed by atoms with Gasteiger partial charge in [-0.3, -0.25) is 4.90 Å². The van der Waals surface area contributed by atoms with Crippen LogP contribution < -0.4 is 5.73 Å². The number of halogens is 2. The lowest BCUT2D eigenvalue weighted by molar-refractivity contribution is 0.139. The Morgan fingerprint density at radius 2 is 1.79 bits per heavy atom. The van der Waals surface area contributed by atoms with E-state index in [9.17, 15) is 0 Å². The van der Waals surface area contributed by atoms with Crippen molar-refractivity contribution in [1.29, 1.82) is 0 Å². The number of benzene rings is 1. The van der Waals surface area contributed by atoms with Crippen molar-refractivity contribution in [3.05, 3.63) is 27.7 Å². The molecule has 0 atom stereocenters. The van der Waals surface area contributed by atoms with E-state index in [1.54, 1.807) is 0 Å². The van der Waals surface area contributed by atoms with Crippen LogP contribution in [0.5, 0.6) is 0 Å². The highest BCUT2D eigenvalue weighted by Gasteiger charge is 2.20. The van der Waals surface area contributed by atoms with Crippen LogP contribution in [-0.4, -0.2) is 43.0 Å². The number of likely N-dealkylation sites (tertiary alicyclic amines) is 1. The van der Waals surface area contributed by atoms with E-state index in [4.69, 9.17) is 28.9 Å². The van der Waals surface area contributed by atoms with Crippen molar-refractivity contribution in [1.82, 2.24) is 9.80 Å².